The van der Waals surface area contributed by atoms with Crippen LogP contribution in [0.2, 0.25) is 0 Å². The molecule has 0 saturated heterocycles. The highest BCUT2D eigenvalue weighted by Gasteiger charge is 2.16. The lowest BCUT2D eigenvalue weighted by molar-refractivity contribution is -0.125. The second-order valence-corrected chi connectivity index (χ2v) is 6.13. The number of amides is 1. The molecule has 4 heteroatoms. The lowest BCUT2D eigenvalue weighted by atomic mass is 10.1. The van der Waals surface area contributed by atoms with Gasteiger partial charge in [-0.2, -0.15) is 0 Å². The Labute approximate surface area is 132 Å². The third-order valence-corrected chi connectivity index (χ3v) is 4.30. The Hall–Kier alpha value is -1.84. The molecule has 1 aromatic carbocycles. The van der Waals surface area contributed by atoms with Crippen LogP contribution in [0.15, 0.2) is 18.2 Å². The summed E-state index contributed by atoms with van der Waals surface area (Å²) < 4.78 is 5.11. The number of benzene rings is 1. The summed E-state index contributed by atoms with van der Waals surface area (Å²) in [6, 6.07) is 5.64. The molecule has 1 amide bonds. The number of aryl methyl sites for hydroxylation is 2. The molecule has 4 nitrogen and oxygen atoms in total. The van der Waals surface area contributed by atoms with Gasteiger partial charge in [0.25, 0.3) is 5.91 Å². The number of carbonyl (C=O) groups is 2. The van der Waals surface area contributed by atoms with E-state index in [0.717, 1.165) is 36.8 Å². The van der Waals surface area contributed by atoms with Crippen LogP contribution in [0.25, 0.3) is 0 Å². The molecular formula is C18H25NO3. The molecule has 1 saturated carbocycles. The molecule has 2 rings (SSSR count). The minimum Gasteiger partial charge on any atom is -0.452 e. The monoisotopic (exact) mass is 303 g/mol. The van der Waals surface area contributed by atoms with Crippen molar-refractivity contribution in [3.05, 3.63) is 34.9 Å². The first-order valence-corrected chi connectivity index (χ1v) is 8.10. The molecule has 120 valence electrons. The number of rotatable bonds is 4. The maximum atomic E-state index is 12.0. The third kappa shape index (κ3) is 4.86. The van der Waals surface area contributed by atoms with Crippen LogP contribution in [0.4, 0.5) is 0 Å². The van der Waals surface area contributed by atoms with Crippen molar-refractivity contribution < 1.29 is 14.3 Å². The van der Waals surface area contributed by atoms with E-state index in [-0.39, 0.29) is 18.6 Å². The smallest absolute Gasteiger partial charge is 0.338 e. The van der Waals surface area contributed by atoms with Gasteiger partial charge in [0.2, 0.25) is 0 Å². The topological polar surface area (TPSA) is 55.4 Å². The quantitative estimate of drug-likeness (QED) is 0.686. The number of hydrogen-bond donors (Lipinski definition) is 1. The molecule has 0 aliphatic heterocycles. The SMILES string of the molecule is Cc1ccc(C(=O)OCC(=O)NC2CCCCCC2)cc1C. The molecule has 0 radical (unpaired) electrons. The fourth-order valence-electron chi connectivity index (χ4n) is 2.78. The molecule has 0 heterocycles. The van der Waals surface area contributed by atoms with E-state index in [2.05, 4.69) is 5.32 Å². The highest BCUT2D eigenvalue weighted by atomic mass is 16.5. The van der Waals surface area contributed by atoms with Crippen LogP contribution >= 0.6 is 0 Å². The minimum absolute atomic E-state index is 0.205. The van der Waals surface area contributed by atoms with Crippen LogP contribution in [0.1, 0.15) is 60.0 Å². The van der Waals surface area contributed by atoms with E-state index in [0.29, 0.717) is 5.56 Å². The lowest BCUT2D eigenvalue weighted by Crippen LogP contribution is -2.37. The Bertz CT molecular complexity index is 531. The van der Waals surface area contributed by atoms with Crippen LogP contribution in [0.3, 0.4) is 0 Å². The van der Waals surface area contributed by atoms with Crippen molar-refractivity contribution in [2.75, 3.05) is 6.61 Å². The molecule has 0 unspecified atom stereocenters. The summed E-state index contributed by atoms with van der Waals surface area (Å²) >= 11 is 0. The Balaban J connectivity index is 1.79. The molecule has 1 N–H and O–H groups in total. The average Bonchev–Trinajstić information content (AvgIpc) is 2.76. The van der Waals surface area contributed by atoms with E-state index in [9.17, 15) is 9.59 Å². The van der Waals surface area contributed by atoms with Crippen molar-refractivity contribution in [3.63, 3.8) is 0 Å². The van der Waals surface area contributed by atoms with Crippen LogP contribution in [-0.2, 0) is 9.53 Å². The average molecular weight is 303 g/mol. The second-order valence-electron chi connectivity index (χ2n) is 6.13. The van der Waals surface area contributed by atoms with Gasteiger partial charge in [-0.1, -0.05) is 31.7 Å². The summed E-state index contributed by atoms with van der Waals surface area (Å²) in [7, 11) is 0. The van der Waals surface area contributed by atoms with Crippen LogP contribution in [0.5, 0.6) is 0 Å². The Morgan fingerprint density at radius 2 is 1.77 bits per heavy atom. The van der Waals surface area contributed by atoms with E-state index in [1.807, 2.05) is 19.9 Å². The number of esters is 1. The maximum absolute atomic E-state index is 12.0. The van der Waals surface area contributed by atoms with Gasteiger partial charge < -0.3 is 10.1 Å². The number of carbonyl (C=O) groups excluding carboxylic acids is 2. The zero-order valence-corrected chi connectivity index (χ0v) is 13.5. The van der Waals surface area contributed by atoms with Gasteiger partial charge in [-0.05, 0) is 49.9 Å². The molecule has 1 fully saturated rings. The standard InChI is InChI=1S/C18H25NO3/c1-13-9-10-15(11-14(13)2)18(21)22-12-17(20)19-16-7-5-3-4-6-8-16/h9-11,16H,3-8,12H2,1-2H3,(H,19,20). The van der Waals surface area contributed by atoms with E-state index in [1.54, 1.807) is 12.1 Å². The number of hydrogen-bond acceptors (Lipinski definition) is 3. The second kappa shape index (κ2) is 7.97. The van der Waals surface area contributed by atoms with Gasteiger partial charge in [0.1, 0.15) is 0 Å². The molecule has 0 bridgehead atoms. The summed E-state index contributed by atoms with van der Waals surface area (Å²) in [5.74, 6) is -0.650. The first kappa shape index (κ1) is 16.5. The summed E-state index contributed by atoms with van der Waals surface area (Å²) in [6.45, 7) is 3.73. The zero-order chi connectivity index (χ0) is 15.9. The summed E-state index contributed by atoms with van der Waals surface area (Å²) in [4.78, 5) is 23.8. The van der Waals surface area contributed by atoms with E-state index in [1.165, 1.54) is 12.8 Å². The van der Waals surface area contributed by atoms with Gasteiger partial charge in [-0.25, -0.2) is 4.79 Å². The van der Waals surface area contributed by atoms with Gasteiger partial charge in [-0.3, -0.25) is 4.79 Å². The van der Waals surface area contributed by atoms with Crippen LogP contribution < -0.4 is 5.32 Å². The van der Waals surface area contributed by atoms with Crippen molar-refractivity contribution in [2.24, 2.45) is 0 Å². The Morgan fingerprint density at radius 1 is 1.09 bits per heavy atom. The van der Waals surface area contributed by atoms with E-state index >= 15 is 0 Å². The van der Waals surface area contributed by atoms with E-state index in [4.69, 9.17) is 4.74 Å². The van der Waals surface area contributed by atoms with Gasteiger partial charge in [0.15, 0.2) is 6.61 Å². The lowest BCUT2D eigenvalue weighted by Gasteiger charge is -2.16. The molecule has 0 spiro atoms. The predicted molar refractivity (Wildman–Crippen MR) is 85.8 cm³/mol. The normalized spacial score (nSPS) is 15.9. The molecule has 1 aliphatic carbocycles. The first-order valence-electron chi connectivity index (χ1n) is 8.10. The molecule has 0 atom stereocenters. The van der Waals surface area contributed by atoms with Crippen LogP contribution in [-0.4, -0.2) is 24.5 Å². The molecule has 22 heavy (non-hydrogen) atoms. The van der Waals surface area contributed by atoms with E-state index < -0.39 is 5.97 Å². The molecule has 1 aliphatic rings. The minimum atomic E-state index is -0.445. The fraction of sp³-hybridized carbons (Fsp3) is 0.556. The highest BCUT2D eigenvalue weighted by molar-refractivity contribution is 5.91. The van der Waals surface area contributed by atoms with Gasteiger partial charge >= 0.3 is 5.97 Å². The first-order chi connectivity index (χ1) is 10.6. The van der Waals surface area contributed by atoms with Crippen molar-refractivity contribution in [3.8, 4) is 0 Å². The van der Waals surface area contributed by atoms with Crippen molar-refractivity contribution >= 4 is 11.9 Å². The zero-order valence-electron chi connectivity index (χ0n) is 13.5. The summed E-state index contributed by atoms with van der Waals surface area (Å²) in [5.41, 5.74) is 2.66. The fourth-order valence-corrected chi connectivity index (χ4v) is 2.78. The number of ether oxygens (including phenoxy) is 1. The Morgan fingerprint density at radius 3 is 2.41 bits per heavy atom. The van der Waals surface area contributed by atoms with Crippen molar-refractivity contribution in [2.45, 2.75) is 58.4 Å². The Kier molecular flexibility index (Phi) is 5.99. The maximum Gasteiger partial charge on any atom is 0.338 e. The molecular weight excluding hydrogens is 278 g/mol. The van der Waals surface area contributed by atoms with Crippen LogP contribution in [0, 0.1) is 13.8 Å². The summed E-state index contributed by atoms with van der Waals surface area (Å²) in [6.07, 6.45) is 6.86. The number of nitrogens with one attached hydrogen (secondary N) is 1. The van der Waals surface area contributed by atoms with Crippen molar-refractivity contribution in [1.82, 2.24) is 5.32 Å². The van der Waals surface area contributed by atoms with Gasteiger partial charge in [0, 0.05) is 6.04 Å². The predicted octanol–water partition coefficient (Wildman–Crippen LogP) is 3.30. The van der Waals surface area contributed by atoms with Gasteiger partial charge in [0.05, 0.1) is 5.56 Å². The highest BCUT2D eigenvalue weighted by Crippen LogP contribution is 2.17. The third-order valence-electron chi connectivity index (χ3n) is 4.30. The summed E-state index contributed by atoms with van der Waals surface area (Å²) in [5, 5.41) is 2.97. The largest absolute Gasteiger partial charge is 0.452 e. The molecule has 0 aromatic heterocycles. The van der Waals surface area contributed by atoms with Crippen molar-refractivity contribution in [1.29, 1.82) is 0 Å². The van der Waals surface area contributed by atoms with Gasteiger partial charge in [-0.15, -0.1) is 0 Å². The molecule has 1 aromatic rings.